The molecule has 0 bridgehead atoms. The van der Waals surface area contributed by atoms with Crippen LogP contribution in [0, 0.1) is 12.8 Å². The summed E-state index contributed by atoms with van der Waals surface area (Å²) in [7, 11) is 0. The van der Waals surface area contributed by atoms with E-state index in [0.717, 1.165) is 41.2 Å². The highest BCUT2D eigenvalue weighted by molar-refractivity contribution is 6.04. The van der Waals surface area contributed by atoms with Crippen molar-refractivity contribution in [3.8, 4) is 5.69 Å². The fourth-order valence-corrected chi connectivity index (χ4v) is 3.15. The first-order valence-electron chi connectivity index (χ1n) is 8.32. The molecule has 3 rings (SSSR count). The van der Waals surface area contributed by atoms with Crippen molar-refractivity contribution in [2.24, 2.45) is 16.8 Å². The number of amides is 1. The van der Waals surface area contributed by atoms with Crippen molar-refractivity contribution >= 4 is 11.6 Å². The maximum absolute atomic E-state index is 11.3. The molecule has 2 N–H and O–H groups in total. The highest BCUT2D eigenvalue weighted by Gasteiger charge is 2.29. The van der Waals surface area contributed by atoms with Crippen LogP contribution in [0.4, 0.5) is 0 Å². The fourth-order valence-electron chi connectivity index (χ4n) is 3.15. The van der Waals surface area contributed by atoms with Gasteiger partial charge in [0, 0.05) is 17.0 Å². The lowest BCUT2D eigenvalue weighted by Crippen LogP contribution is -2.22. The monoisotopic (exact) mass is 338 g/mol. The standard InChI is InChI=1S/C19H22N4O2/c1-4-11-25-22-18-12(2)5-10-16-17(18)13(3)21-23(16)15-8-6-14(7-9-15)19(20)24/h4,6-9,12H,1,5,10-11H2,2-3H3,(H2,20,24). The lowest BCUT2D eigenvalue weighted by molar-refractivity contribution is 0.100. The van der Waals surface area contributed by atoms with Gasteiger partial charge in [0.1, 0.15) is 6.61 Å². The quantitative estimate of drug-likeness (QED) is 0.517. The summed E-state index contributed by atoms with van der Waals surface area (Å²) in [5.74, 6) is -0.126. The van der Waals surface area contributed by atoms with Gasteiger partial charge < -0.3 is 10.6 Å². The third-order valence-corrected chi connectivity index (χ3v) is 4.44. The van der Waals surface area contributed by atoms with Crippen LogP contribution in [0.1, 0.15) is 40.7 Å². The highest BCUT2D eigenvalue weighted by atomic mass is 16.6. The van der Waals surface area contributed by atoms with Gasteiger partial charge in [-0.05, 0) is 44.0 Å². The van der Waals surface area contributed by atoms with E-state index in [1.165, 1.54) is 0 Å². The predicted octanol–water partition coefficient (Wildman–Crippen LogP) is 2.77. The van der Waals surface area contributed by atoms with Gasteiger partial charge in [0.2, 0.25) is 5.91 Å². The molecule has 0 spiro atoms. The number of fused-ring (bicyclic) bond motifs is 1. The molecule has 6 heteroatoms. The van der Waals surface area contributed by atoms with Gasteiger partial charge in [-0.1, -0.05) is 24.7 Å². The molecule has 6 nitrogen and oxygen atoms in total. The van der Waals surface area contributed by atoms with Crippen molar-refractivity contribution < 1.29 is 9.63 Å². The first kappa shape index (κ1) is 17.0. The van der Waals surface area contributed by atoms with Crippen molar-refractivity contribution in [1.29, 1.82) is 0 Å². The number of rotatable bonds is 5. The fraction of sp³-hybridized carbons (Fsp3) is 0.316. The van der Waals surface area contributed by atoms with Crippen molar-refractivity contribution in [3.63, 3.8) is 0 Å². The van der Waals surface area contributed by atoms with Crippen LogP contribution in [0.5, 0.6) is 0 Å². The number of aromatic nitrogens is 2. The van der Waals surface area contributed by atoms with E-state index in [2.05, 4.69) is 18.7 Å². The summed E-state index contributed by atoms with van der Waals surface area (Å²) in [5.41, 5.74) is 10.7. The molecule has 2 aromatic rings. The minimum atomic E-state index is -0.437. The number of hydrogen-bond acceptors (Lipinski definition) is 4. The average molecular weight is 338 g/mol. The van der Waals surface area contributed by atoms with Crippen molar-refractivity contribution in [1.82, 2.24) is 9.78 Å². The van der Waals surface area contributed by atoms with Crippen LogP contribution in [-0.2, 0) is 11.3 Å². The van der Waals surface area contributed by atoms with Gasteiger partial charge in [-0.2, -0.15) is 5.10 Å². The number of aryl methyl sites for hydroxylation is 1. The van der Waals surface area contributed by atoms with E-state index in [9.17, 15) is 4.79 Å². The second kappa shape index (κ2) is 6.93. The van der Waals surface area contributed by atoms with E-state index in [1.54, 1.807) is 18.2 Å². The van der Waals surface area contributed by atoms with E-state index in [4.69, 9.17) is 15.7 Å². The van der Waals surface area contributed by atoms with Gasteiger partial charge in [0.05, 0.1) is 22.8 Å². The first-order valence-corrected chi connectivity index (χ1v) is 8.32. The van der Waals surface area contributed by atoms with E-state index in [-0.39, 0.29) is 0 Å². The second-order valence-corrected chi connectivity index (χ2v) is 6.23. The van der Waals surface area contributed by atoms with Gasteiger partial charge in [0.15, 0.2) is 0 Å². The Morgan fingerprint density at radius 1 is 1.48 bits per heavy atom. The first-order chi connectivity index (χ1) is 12.0. The largest absolute Gasteiger partial charge is 0.391 e. The number of nitrogens with two attached hydrogens (primary N) is 1. The molecule has 1 unspecified atom stereocenters. The Morgan fingerprint density at radius 3 is 2.84 bits per heavy atom. The average Bonchev–Trinajstić information content (AvgIpc) is 2.94. The second-order valence-electron chi connectivity index (χ2n) is 6.23. The Labute approximate surface area is 147 Å². The van der Waals surface area contributed by atoms with Crippen molar-refractivity contribution in [2.45, 2.75) is 26.7 Å². The Balaban J connectivity index is 2.03. The summed E-state index contributed by atoms with van der Waals surface area (Å²) in [6.07, 6.45) is 3.57. The Bertz CT molecular complexity index is 834. The molecule has 1 aromatic heterocycles. The maximum Gasteiger partial charge on any atom is 0.248 e. The summed E-state index contributed by atoms with van der Waals surface area (Å²) in [6.45, 7) is 8.16. The molecule has 130 valence electrons. The molecule has 1 heterocycles. The Morgan fingerprint density at radius 2 is 2.20 bits per heavy atom. The molecule has 0 radical (unpaired) electrons. The SMILES string of the molecule is C=CCON=C1c2c(C)nn(-c3ccc(C(N)=O)cc3)c2CCC1C. The predicted molar refractivity (Wildman–Crippen MR) is 97.0 cm³/mol. The maximum atomic E-state index is 11.3. The molecule has 0 saturated heterocycles. The minimum absolute atomic E-state index is 0.311. The van der Waals surface area contributed by atoms with Crippen LogP contribution >= 0.6 is 0 Å². The normalized spacial score (nSPS) is 18.0. The van der Waals surface area contributed by atoms with Crippen LogP contribution in [0.25, 0.3) is 5.69 Å². The lowest BCUT2D eigenvalue weighted by atomic mass is 9.85. The van der Waals surface area contributed by atoms with Gasteiger partial charge in [-0.25, -0.2) is 4.68 Å². The molecule has 1 amide bonds. The van der Waals surface area contributed by atoms with Crippen LogP contribution in [0.3, 0.4) is 0 Å². The smallest absolute Gasteiger partial charge is 0.248 e. The molecule has 1 aliphatic rings. The molecule has 0 saturated carbocycles. The van der Waals surface area contributed by atoms with Crippen LogP contribution < -0.4 is 5.73 Å². The molecule has 1 aliphatic carbocycles. The third-order valence-electron chi connectivity index (χ3n) is 4.44. The zero-order chi connectivity index (χ0) is 18.0. The summed E-state index contributed by atoms with van der Waals surface area (Å²) in [6, 6.07) is 7.15. The molecule has 1 aromatic carbocycles. The van der Waals surface area contributed by atoms with Gasteiger partial charge >= 0.3 is 0 Å². The molecule has 1 atom stereocenters. The lowest BCUT2D eigenvalue weighted by Gasteiger charge is -2.22. The Hall–Kier alpha value is -2.89. The summed E-state index contributed by atoms with van der Waals surface area (Å²) in [4.78, 5) is 16.6. The van der Waals surface area contributed by atoms with Gasteiger partial charge in [0.25, 0.3) is 0 Å². The van der Waals surface area contributed by atoms with Crippen LogP contribution in [0.2, 0.25) is 0 Å². The van der Waals surface area contributed by atoms with Gasteiger partial charge in [-0.3, -0.25) is 4.79 Å². The number of carbonyl (C=O) groups is 1. The highest BCUT2D eigenvalue weighted by Crippen LogP contribution is 2.30. The van der Waals surface area contributed by atoms with E-state index < -0.39 is 5.91 Å². The Kier molecular flexibility index (Phi) is 4.70. The number of oxime groups is 1. The van der Waals surface area contributed by atoms with Crippen LogP contribution in [0.15, 0.2) is 42.1 Å². The zero-order valence-corrected chi connectivity index (χ0v) is 14.5. The van der Waals surface area contributed by atoms with E-state index in [0.29, 0.717) is 18.1 Å². The number of nitrogens with zero attached hydrogens (tertiary/aromatic N) is 3. The van der Waals surface area contributed by atoms with Crippen LogP contribution in [-0.4, -0.2) is 28.0 Å². The molecule has 0 aliphatic heterocycles. The number of primary amides is 1. The molecular formula is C19H22N4O2. The number of carbonyl (C=O) groups excluding carboxylic acids is 1. The topological polar surface area (TPSA) is 82.5 Å². The van der Waals surface area contributed by atoms with Crippen molar-refractivity contribution in [2.75, 3.05) is 6.61 Å². The number of benzene rings is 1. The molecular weight excluding hydrogens is 316 g/mol. The van der Waals surface area contributed by atoms with Crippen molar-refractivity contribution in [3.05, 3.63) is 59.4 Å². The zero-order valence-electron chi connectivity index (χ0n) is 14.5. The third kappa shape index (κ3) is 3.20. The van der Waals surface area contributed by atoms with E-state index >= 15 is 0 Å². The summed E-state index contributed by atoms with van der Waals surface area (Å²) < 4.78 is 1.92. The van der Waals surface area contributed by atoms with Gasteiger partial charge in [-0.15, -0.1) is 0 Å². The van der Waals surface area contributed by atoms with E-state index in [1.807, 2.05) is 23.7 Å². The minimum Gasteiger partial charge on any atom is -0.391 e. The number of hydrogen-bond donors (Lipinski definition) is 1. The summed E-state index contributed by atoms with van der Waals surface area (Å²) in [5, 5.41) is 9.03. The molecule has 0 fully saturated rings. The summed E-state index contributed by atoms with van der Waals surface area (Å²) >= 11 is 0. The molecule has 25 heavy (non-hydrogen) atoms.